The molecule has 0 spiro atoms. The molecule has 7 nitrogen and oxygen atoms in total. The Bertz CT molecular complexity index is 1160. The molecule has 1 atom stereocenters. The molecule has 3 aromatic rings. The Balaban J connectivity index is 1.98. The molecule has 27 heavy (non-hydrogen) atoms. The van der Waals surface area contributed by atoms with Crippen molar-refractivity contribution in [3.8, 4) is 17.6 Å². The van der Waals surface area contributed by atoms with Crippen LogP contribution >= 0.6 is 11.3 Å². The van der Waals surface area contributed by atoms with E-state index in [2.05, 4.69) is 6.07 Å². The van der Waals surface area contributed by atoms with E-state index in [0.717, 1.165) is 15.0 Å². The lowest BCUT2D eigenvalue weighted by Crippen LogP contribution is -2.19. The van der Waals surface area contributed by atoms with Crippen LogP contribution in [0.25, 0.3) is 10.1 Å². The van der Waals surface area contributed by atoms with Crippen LogP contribution in [0.15, 0.2) is 53.9 Å². The Morgan fingerprint density at radius 1 is 1.33 bits per heavy atom. The van der Waals surface area contributed by atoms with Crippen LogP contribution in [0.4, 0.5) is 5.69 Å². The zero-order valence-electron chi connectivity index (χ0n) is 14.1. The molecule has 0 aliphatic carbocycles. The predicted molar refractivity (Wildman–Crippen MR) is 101 cm³/mol. The molecule has 0 bridgehead atoms. The molecule has 2 heterocycles. The second-order valence-corrected chi connectivity index (χ2v) is 6.99. The summed E-state index contributed by atoms with van der Waals surface area (Å²) >= 11 is 1.48. The van der Waals surface area contributed by atoms with E-state index in [0.29, 0.717) is 11.3 Å². The summed E-state index contributed by atoms with van der Waals surface area (Å²) in [6.45, 7) is 0. The van der Waals surface area contributed by atoms with Gasteiger partial charge in [0.1, 0.15) is 11.6 Å². The highest BCUT2D eigenvalue weighted by Crippen LogP contribution is 2.50. The van der Waals surface area contributed by atoms with E-state index in [9.17, 15) is 15.4 Å². The zero-order valence-corrected chi connectivity index (χ0v) is 14.9. The molecule has 0 amide bonds. The lowest BCUT2D eigenvalue weighted by Gasteiger charge is -2.23. The van der Waals surface area contributed by atoms with Gasteiger partial charge in [-0.2, -0.15) is 5.26 Å². The van der Waals surface area contributed by atoms with Crippen LogP contribution in [-0.2, 0) is 0 Å². The zero-order chi connectivity index (χ0) is 19.1. The summed E-state index contributed by atoms with van der Waals surface area (Å²) in [5.41, 5.74) is 6.66. The van der Waals surface area contributed by atoms with Gasteiger partial charge in [0.15, 0.2) is 11.5 Å². The maximum Gasteiger partial charge on any atom is 0.311 e. The van der Waals surface area contributed by atoms with E-state index in [-0.39, 0.29) is 22.9 Å². The summed E-state index contributed by atoms with van der Waals surface area (Å²) in [7, 11) is 1.37. The van der Waals surface area contributed by atoms with Crippen LogP contribution in [-0.4, -0.2) is 12.0 Å². The molecule has 4 rings (SSSR count). The van der Waals surface area contributed by atoms with Crippen LogP contribution in [0.2, 0.25) is 0 Å². The highest BCUT2D eigenvalue weighted by molar-refractivity contribution is 7.19. The number of nitrogens with two attached hydrogens (primary N) is 1. The van der Waals surface area contributed by atoms with Crippen molar-refractivity contribution in [2.45, 2.75) is 5.92 Å². The van der Waals surface area contributed by atoms with Crippen LogP contribution in [0.5, 0.6) is 11.5 Å². The highest BCUT2D eigenvalue weighted by Gasteiger charge is 2.35. The summed E-state index contributed by atoms with van der Waals surface area (Å²) in [5.74, 6) is 0.219. The SMILES string of the molecule is COc1ccc([C@@H]2C(C#N)=C(N)Oc3c2sc2ccccc32)cc1[N+](=O)[O-]. The molecule has 1 aromatic heterocycles. The normalized spacial score (nSPS) is 15.8. The van der Waals surface area contributed by atoms with Crippen LogP contribution in [0, 0.1) is 21.4 Å². The predicted octanol–water partition coefficient (Wildman–Crippen LogP) is 4.04. The maximum absolute atomic E-state index is 11.4. The number of nitriles is 1. The number of fused-ring (bicyclic) bond motifs is 3. The van der Waals surface area contributed by atoms with Crippen molar-refractivity contribution in [1.82, 2.24) is 0 Å². The molecular weight excluding hydrogens is 366 g/mol. The third-order valence-corrected chi connectivity index (χ3v) is 5.67. The van der Waals surface area contributed by atoms with Crippen molar-refractivity contribution in [3.63, 3.8) is 0 Å². The minimum atomic E-state index is -0.541. The Morgan fingerprint density at radius 2 is 2.11 bits per heavy atom. The topological polar surface area (TPSA) is 111 Å². The Kier molecular flexibility index (Phi) is 3.94. The van der Waals surface area contributed by atoms with Crippen LogP contribution in [0.3, 0.4) is 0 Å². The first-order valence-electron chi connectivity index (χ1n) is 7.96. The molecule has 1 aliphatic rings. The number of rotatable bonds is 3. The number of allylic oxidation sites excluding steroid dienone is 1. The van der Waals surface area contributed by atoms with Crippen LogP contribution < -0.4 is 15.2 Å². The molecule has 134 valence electrons. The standard InChI is InChI=1S/C19H13N3O4S/c1-25-14-7-6-10(8-13(14)22(23)24)16-12(9-20)19(21)26-17-11-4-2-3-5-15(11)27-18(16)17/h2-8,16H,21H2,1H3/t16-/m1/s1. The largest absolute Gasteiger partial charge is 0.490 e. The Labute approximate surface area is 158 Å². The smallest absolute Gasteiger partial charge is 0.311 e. The number of hydrogen-bond acceptors (Lipinski definition) is 7. The highest BCUT2D eigenvalue weighted by atomic mass is 32.1. The van der Waals surface area contributed by atoms with E-state index >= 15 is 0 Å². The number of ether oxygens (including phenoxy) is 2. The summed E-state index contributed by atoms with van der Waals surface area (Å²) in [6, 6.07) is 14.4. The number of nitrogens with zero attached hydrogens (tertiary/aromatic N) is 2. The summed E-state index contributed by atoms with van der Waals surface area (Å²) in [5, 5.41) is 22.0. The monoisotopic (exact) mass is 379 g/mol. The molecular formula is C19H13N3O4S. The van der Waals surface area contributed by atoms with Gasteiger partial charge in [0, 0.05) is 16.2 Å². The molecule has 1 aliphatic heterocycles. The van der Waals surface area contributed by atoms with Gasteiger partial charge in [-0.1, -0.05) is 18.2 Å². The number of thiophene rings is 1. The van der Waals surface area contributed by atoms with Gasteiger partial charge >= 0.3 is 5.69 Å². The molecule has 8 heteroatoms. The fourth-order valence-corrected chi connectivity index (χ4v) is 4.51. The van der Waals surface area contributed by atoms with Crippen molar-refractivity contribution >= 4 is 27.1 Å². The lowest BCUT2D eigenvalue weighted by molar-refractivity contribution is -0.385. The van der Waals surface area contributed by atoms with Gasteiger partial charge in [0.25, 0.3) is 0 Å². The van der Waals surface area contributed by atoms with E-state index < -0.39 is 10.8 Å². The summed E-state index contributed by atoms with van der Waals surface area (Å²) in [6.07, 6.45) is 0. The summed E-state index contributed by atoms with van der Waals surface area (Å²) in [4.78, 5) is 11.7. The maximum atomic E-state index is 11.4. The third-order valence-electron chi connectivity index (χ3n) is 4.46. The first kappa shape index (κ1) is 16.9. The molecule has 2 N–H and O–H groups in total. The number of methoxy groups -OCH3 is 1. The number of hydrogen-bond donors (Lipinski definition) is 1. The fraction of sp³-hybridized carbons (Fsp3) is 0.105. The van der Waals surface area contributed by atoms with E-state index in [1.54, 1.807) is 6.07 Å². The van der Waals surface area contributed by atoms with Gasteiger partial charge in [-0.15, -0.1) is 11.3 Å². The van der Waals surface area contributed by atoms with E-state index in [1.807, 2.05) is 24.3 Å². The minimum Gasteiger partial charge on any atom is -0.490 e. The Morgan fingerprint density at radius 3 is 2.81 bits per heavy atom. The van der Waals surface area contributed by atoms with Gasteiger partial charge in [0.2, 0.25) is 5.88 Å². The average Bonchev–Trinajstić information content (AvgIpc) is 3.04. The van der Waals surface area contributed by atoms with E-state index in [1.165, 1.54) is 30.6 Å². The lowest BCUT2D eigenvalue weighted by atomic mass is 9.88. The van der Waals surface area contributed by atoms with E-state index in [4.69, 9.17) is 15.2 Å². The van der Waals surface area contributed by atoms with Gasteiger partial charge in [0.05, 0.1) is 22.8 Å². The Hall–Kier alpha value is -3.57. The number of benzene rings is 2. The van der Waals surface area contributed by atoms with Crippen LogP contribution in [0.1, 0.15) is 16.4 Å². The van der Waals surface area contributed by atoms with Gasteiger partial charge in [-0.25, -0.2) is 0 Å². The van der Waals surface area contributed by atoms with Crippen molar-refractivity contribution in [2.75, 3.05) is 7.11 Å². The second kappa shape index (κ2) is 6.30. The second-order valence-electron chi connectivity index (χ2n) is 5.90. The molecule has 2 aromatic carbocycles. The number of nitro groups is 1. The summed E-state index contributed by atoms with van der Waals surface area (Å²) < 4.78 is 11.8. The molecule has 0 saturated carbocycles. The average molecular weight is 379 g/mol. The first-order chi connectivity index (χ1) is 13.0. The minimum absolute atomic E-state index is 0.0111. The third kappa shape index (κ3) is 2.56. The quantitative estimate of drug-likeness (QED) is 0.543. The van der Waals surface area contributed by atoms with Gasteiger partial charge in [-0.3, -0.25) is 10.1 Å². The fourth-order valence-electron chi connectivity index (χ4n) is 3.24. The van der Waals surface area contributed by atoms with Crippen molar-refractivity contribution in [2.24, 2.45) is 5.73 Å². The first-order valence-corrected chi connectivity index (χ1v) is 8.78. The number of nitro benzene ring substituents is 1. The molecule has 0 fully saturated rings. The molecule has 0 unspecified atom stereocenters. The molecule has 0 radical (unpaired) electrons. The van der Waals surface area contributed by atoms with Crippen molar-refractivity contribution in [1.29, 1.82) is 5.26 Å². The van der Waals surface area contributed by atoms with Gasteiger partial charge < -0.3 is 15.2 Å². The van der Waals surface area contributed by atoms with Crippen molar-refractivity contribution in [3.05, 3.63) is 74.5 Å². The van der Waals surface area contributed by atoms with Gasteiger partial charge in [-0.05, 0) is 23.8 Å². The molecule has 0 saturated heterocycles. The van der Waals surface area contributed by atoms with Crippen molar-refractivity contribution < 1.29 is 14.4 Å².